The molecule has 0 radical (unpaired) electrons. The van der Waals surface area contributed by atoms with E-state index in [0.29, 0.717) is 5.56 Å². The van der Waals surface area contributed by atoms with Crippen LogP contribution in [0.2, 0.25) is 0 Å². The molecule has 2 rings (SSSR count). The van der Waals surface area contributed by atoms with Gasteiger partial charge in [-0.25, -0.2) is 0 Å². The maximum absolute atomic E-state index is 11.7. The molecule has 2 aromatic carbocycles. The van der Waals surface area contributed by atoms with Crippen molar-refractivity contribution in [2.75, 3.05) is 0 Å². The minimum Gasteiger partial charge on any atom is -0.506 e. The Morgan fingerprint density at radius 2 is 1.83 bits per heavy atom. The molecule has 0 atom stereocenters. The number of hydrogen-bond donors (Lipinski definition) is 2. The van der Waals surface area contributed by atoms with Gasteiger partial charge < -0.3 is 10.2 Å². The van der Waals surface area contributed by atoms with E-state index in [4.69, 9.17) is 0 Å². The molecule has 0 aliphatic rings. The van der Waals surface area contributed by atoms with Crippen LogP contribution in [0.15, 0.2) is 64.5 Å². The van der Waals surface area contributed by atoms with E-state index in [1.54, 1.807) is 30.3 Å². The second-order valence-corrected chi connectivity index (χ2v) is 4.75. The largest absolute Gasteiger partial charge is 0.506 e. The van der Waals surface area contributed by atoms with Crippen LogP contribution in [0.3, 0.4) is 0 Å². The van der Waals surface area contributed by atoms with E-state index in [-0.39, 0.29) is 28.6 Å². The van der Waals surface area contributed by atoms with Gasteiger partial charge in [-0.2, -0.15) is 0 Å². The molecule has 2 N–H and O–H groups in total. The maximum Gasteiger partial charge on any atom is 0.271 e. The molecule has 0 aliphatic heterocycles. The molecule has 24 heavy (non-hydrogen) atoms. The number of nitro groups is 1. The standard InChI is InChI=1S/C16H13N3O5/c1-10(20)15(16(22)11-5-3-2-4-6-11)18-17-13-9-12(19(23)24)7-8-14(13)21/h2-9,21-22H,1H3/b16-15-,18-17?. The van der Waals surface area contributed by atoms with Gasteiger partial charge in [-0.15, -0.1) is 10.2 Å². The highest BCUT2D eigenvalue weighted by Gasteiger charge is 2.14. The van der Waals surface area contributed by atoms with Crippen LogP contribution < -0.4 is 0 Å². The minimum absolute atomic E-state index is 0.191. The van der Waals surface area contributed by atoms with E-state index in [9.17, 15) is 25.1 Å². The number of allylic oxidation sites excluding steroid dienone is 1. The second-order valence-electron chi connectivity index (χ2n) is 4.75. The number of ketones is 1. The number of phenolic OH excluding ortho intramolecular Hbond substituents is 1. The molecule has 122 valence electrons. The van der Waals surface area contributed by atoms with Crippen molar-refractivity contribution in [3.8, 4) is 5.75 Å². The summed E-state index contributed by atoms with van der Waals surface area (Å²) in [6.45, 7) is 1.20. The average Bonchev–Trinajstić information content (AvgIpc) is 2.56. The highest BCUT2D eigenvalue weighted by Crippen LogP contribution is 2.31. The van der Waals surface area contributed by atoms with E-state index in [1.165, 1.54) is 6.92 Å². The van der Waals surface area contributed by atoms with Crippen molar-refractivity contribution >= 4 is 22.9 Å². The van der Waals surface area contributed by atoms with E-state index in [0.717, 1.165) is 18.2 Å². The Kier molecular flexibility index (Phi) is 5.00. The number of rotatable bonds is 5. The zero-order valence-electron chi connectivity index (χ0n) is 12.6. The third-order valence-corrected chi connectivity index (χ3v) is 3.03. The van der Waals surface area contributed by atoms with Gasteiger partial charge in [0.15, 0.2) is 17.2 Å². The Morgan fingerprint density at radius 3 is 2.42 bits per heavy atom. The summed E-state index contributed by atoms with van der Waals surface area (Å²) in [4.78, 5) is 21.8. The fraction of sp³-hybridized carbons (Fsp3) is 0.0625. The third kappa shape index (κ3) is 3.80. The number of aliphatic hydroxyl groups is 1. The molecule has 0 aromatic heterocycles. The first kappa shape index (κ1) is 16.8. The van der Waals surface area contributed by atoms with Crippen LogP contribution in [-0.4, -0.2) is 20.9 Å². The second kappa shape index (κ2) is 7.14. The number of hydrogen-bond acceptors (Lipinski definition) is 7. The predicted octanol–water partition coefficient (Wildman–Crippen LogP) is 3.90. The molecule has 8 nitrogen and oxygen atoms in total. The lowest BCUT2D eigenvalue weighted by Crippen LogP contribution is -1.98. The van der Waals surface area contributed by atoms with Crippen molar-refractivity contribution in [1.29, 1.82) is 0 Å². The lowest BCUT2D eigenvalue weighted by molar-refractivity contribution is -0.384. The van der Waals surface area contributed by atoms with E-state index in [2.05, 4.69) is 10.2 Å². The number of carbonyl (C=O) groups is 1. The van der Waals surface area contributed by atoms with E-state index < -0.39 is 10.7 Å². The van der Waals surface area contributed by atoms with E-state index >= 15 is 0 Å². The SMILES string of the molecule is CC(=O)/C(N=Nc1cc([N+](=O)[O-])ccc1O)=C(/O)c1ccccc1. The molecule has 0 amide bonds. The van der Waals surface area contributed by atoms with Gasteiger partial charge in [0.25, 0.3) is 5.69 Å². The summed E-state index contributed by atoms with van der Waals surface area (Å²) in [6, 6.07) is 11.5. The average molecular weight is 327 g/mol. The van der Waals surface area contributed by atoms with Crippen LogP contribution in [0.25, 0.3) is 5.76 Å². The number of phenols is 1. The molecular formula is C16H13N3O5. The van der Waals surface area contributed by atoms with Gasteiger partial charge >= 0.3 is 0 Å². The quantitative estimate of drug-likeness (QED) is 0.283. The van der Waals surface area contributed by atoms with Gasteiger partial charge in [-0.05, 0) is 6.07 Å². The number of Topliss-reactive ketones (excluding diaryl/α,β-unsaturated/α-hetero) is 1. The molecular weight excluding hydrogens is 314 g/mol. The lowest BCUT2D eigenvalue weighted by Gasteiger charge is -2.03. The van der Waals surface area contributed by atoms with Gasteiger partial charge in [0.2, 0.25) is 0 Å². The Balaban J connectivity index is 2.46. The highest BCUT2D eigenvalue weighted by molar-refractivity contribution is 5.99. The summed E-state index contributed by atoms with van der Waals surface area (Å²) >= 11 is 0. The fourth-order valence-corrected chi connectivity index (χ4v) is 1.83. The van der Waals surface area contributed by atoms with Crippen molar-refractivity contribution in [2.24, 2.45) is 10.2 Å². The molecule has 0 aliphatic carbocycles. The number of aliphatic hydroxyl groups excluding tert-OH is 1. The zero-order chi connectivity index (χ0) is 17.7. The number of azo groups is 1. The molecule has 0 bridgehead atoms. The van der Waals surface area contributed by atoms with Crippen LogP contribution in [0.4, 0.5) is 11.4 Å². The molecule has 0 saturated heterocycles. The van der Waals surface area contributed by atoms with Crippen molar-refractivity contribution in [1.82, 2.24) is 0 Å². The minimum atomic E-state index is -0.651. The third-order valence-electron chi connectivity index (χ3n) is 3.03. The molecule has 0 saturated carbocycles. The summed E-state index contributed by atoms with van der Waals surface area (Å²) in [7, 11) is 0. The first-order valence-electron chi connectivity index (χ1n) is 6.79. The zero-order valence-corrected chi connectivity index (χ0v) is 12.6. The van der Waals surface area contributed by atoms with Crippen LogP contribution >= 0.6 is 0 Å². The van der Waals surface area contributed by atoms with Crippen LogP contribution in [0.5, 0.6) is 5.75 Å². The Morgan fingerprint density at radius 1 is 1.17 bits per heavy atom. The van der Waals surface area contributed by atoms with E-state index in [1.807, 2.05) is 0 Å². The normalized spacial score (nSPS) is 12.0. The molecule has 8 heteroatoms. The van der Waals surface area contributed by atoms with Gasteiger partial charge in [-0.1, -0.05) is 30.3 Å². The summed E-state index contributed by atoms with van der Waals surface area (Å²) in [5, 5.41) is 37.9. The van der Waals surface area contributed by atoms with Crippen LogP contribution in [0.1, 0.15) is 12.5 Å². The molecule has 0 heterocycles. The van der Waals surface area contributed by atoms with Crippen LogP contribution in [0, 0.1) is 10.1 Å². The first-order valence-corrected chi connectivity index (χ1v) is 6.79. The van der Waals surface area contributed by atoms with Crippen molar-refractivity contribution < 1.29 is 19.9 Å². The Bertz CT molecular complexity index is 844. The Hall–Kier alpha value is -3.55. The summed E-state index contributed by atoms with van der Waals surface area (Å²) in [5.41, 5.74) is -0.441. The number of non-ortho nitro benzene ring substituents is 1. The lowest BCUT2D eigenvalue weighted by atomic mass is 10.1. The number of aromatic hydroxyl groups is 1. The molecule has 0 unspecified atom stereocenters. The monoisotopic (exact) mass is 327 g/mol. The summed E-state index contributed by atoms with van der Waals surface area (Å²) < 4.78 is 0. The molecule has 0 fully saturated rings. The number of nitro benzene ring substituents is 1. The van der Waals surface area contributed by atoms with Gasteiger partial charge in [0, 0.05) is 24.6 Å². The summed E-state index contributed by atoms with van der Waals surface area (Å²) in [5.74, 6) is -1.27. The number of carbonyl (C=O) groups excluding carboxylic acids is 1. The maximum atomic E-state index is 11.7. The van der Waals surface area contributed by atoms with Gasteiger partial charge in [-0.3, -0.25) is 14.9 Å². The smallest absolute Gasteiger partial charge is 0.271 e. The highest BCUT2D eigenvalue weighted by atomic mass is 16.6. The number of nitrogens with zero attached hydrogens (tertiary/aromatic N) is 3. The molecule has 0 spiro atoms. The van der Waals surface area contributed by atoms with Crippen LogP contribution in [-0.2, 0) is 4.79 Å². The summed E-state index contributed by atoms with van der Waals surface area (Å²) in [6.07, 6.45) is 0. The van der Waals surface area contributed by atoms with Gasteiger partial charge in [0.1, 0.15) is 11.4 Å². The van der Waals surface area contributed by atoms with Crippen molar-refractivity contribution in [2.45, 2.75) is 6.92 Å². The van der Waals surface area contributed by atoms with Crippen molar-refractivity contribution in [3.63, 3.8) is 0 Å². The van der Waals surface area contributed by atoms with Crippen molar-refractivity contribution in [3.05, 3.63) is 69.9 Å². The Labute approximate surface area is 136 Å². The predicted molar refractivity (Wildman–Crippen MR) is 85.9 cm³/mol. The number of benzene rings is 2. The topological polar surface area (TPSA) is 125 Å². The first-order chi connectivity index (χ1) is 11.4. The molecule has 2 aromatic rings. The fourth-order valence-electron chi connectivity index (χ4n) is 1.83. The van der Waals surface area contributed by atoms with Gasteiger partial charge in [0.05, 0.1) is 4.92 Å².